The zero-order valence-electron chi connectivity index (χ0n) is 10.7. The zero-order chi connectivity index (χ0) is 11.5. The van der Waals surface area contributed by atoms with Crippen LogP contribution in [0.25, 0.3) is 0 Å². The molecule has 15 heavy (non-hydrogen) atoms. The Morgan fingerprint density at radius 2 is 2.07 bits per heavy atom. The monoisotopic (exact) mass is 210 g/mol. The van der Waals surface area contributed by atoms with Crippen molar-refractivity contribution in [1.29, 1.82) is 0 Å². The number of nitrogens with one attached hydrogen (secondary N) is 1. The first-order valence-corrected chi connectivity index (χ1v) is 6.02. The molecule has 0 aromatic carbocycles. The van der Waals surface area contributed by atoms with Gasteiger partial charge in [-0.25, -0.2) is 0 Å². The predicted octanol–water partition coefficient (Wildman–Crippen LogP) is 2.13. The van der Waals surface area contributed by atoms with Crippen molar-refractivity contribution >= 4 is 0 Å². The Kier molecular flexibility index (Phi) is 4.35. The van der Waals surface area contributed by atoms with E-state index in [0.717, 1.165) is 18.4 Å². The highest BCUT2D eigenvalue weighted by molar-refractivity contribution is 4.88. The molecule has 1 heterocycles. The Morgan fingerprint density at radius 1 is 1.40 bits per heavy atom. The van der Waals surface area contributed by atoms with Crippen LogP contribution < -0.4 is 5.32 Å². The Bertz CT molecular complexity index is 205. The van der Waals surface area contributed by atoms with E-state index < -0.39 is 0 Å². The second-order valence-electron chi connectivity index (χ2n) is 5.76. The van der Waals surface area contributed by atoms with Gasteiger partial charge in [0, 0.05) is 18.6 Å². The van der Waals surface area contributed by atoms with E-state index in [0.29, 0.717) is 0 Å². The molecular weight excluding hydrogens is 184 g/mol. The van der Waals surface area contributed by atoms with Crippen LogP contribution >= 0.6 is 0 Å². The summed E-state index contributed by atoms with van der Waals surface area (Å²) in [6.45, 7) is 17.6. The second kappa shape index (κ2) is 5.13. The summed E-state index contributed by atoms with van der Waals surface area (Å²) in [5, 5.41) is 3.47. The lowest BCUT2D eigenvalue weighted by atomic mass is 9.95. The standard InChI is InChI=1S/C13H26N2/c1-6-7-15(13(3,4)5)10-12-9-14-8-11(12)2/h6,11-12,14H,1,7-10H2,2-5H3. The molecule has 1 N–H and O–H groups in total. The van der Waals surface area contributed by atoms with Crippen LogP contribution in [0.15, 0.2) is 12.7 Å². The first kappa shape index (κ1) is 12.7. The normalized spacial score (nSPS) is 27.3. The van der Waals surface area contributed by atoms with Crippen LogP contribution in [0.2, 0.25) is 0 Å². The summed E-state index contributed by atoms with van der Waals surface area (Å²) in [6, 6.07) is 0. The molecule has 2 heteroatoms. The molecule has 1 saturated heterocycles. The van der Waals surface area contributed by atoms with E-state index in [-0.39, 0.29) is 5.54 Å². The quantitative estimate of drug-likeness (QED) is 0.715. The number of rotatable bonds is 4. The summed E-state index contributed by atoms with van der Waals surface area (Å²) in [7, 11) is 0. The third kappa shape index (κ3) is 3.62. The van der Waals surface area contributed by atoms with Crippen LogP contribution in [0.1, 0.15) is 27.7 Å². The van der Waals surface area contributed by atoms with Gasteiger partial charge in [-0.2, -0.15) is 0 Å². The van der Waals surface area contributed by atoms with Crippen LogP contribution in [-0.2, 0) is 0 Å². The minimum atomic E-state index is 0.247. The molecule has 1 aliphatic heterocycles. The average molecular weight is 210 g/mol. The van der Waals surface area contributed by atoms with Crippen LogP contribution in [0.4, 0.5) is 0 Å². The second-order valence-corrected chi connectivity index (χ2v) is 5.76. The maximum atomic E-state index is 3.85. The average Bonchev–Trinajstić information content (AvgIpc) is 2.49. The minimum absolute atomic E-state index is 0.247. The fraction of sp³-hybridized carbons (Fsp3) is 0.846. The van der Waals surface area contributed by atoms with Crippen molar-refractivity contribution < 1.29 is 0 Å². The van der Waals surface area contributed by atoms with Gasteiger partial charge in [0.2, 0.25) is 0 Å². The van der Waals surface area contributed by atoms with Gasteiger partial charge in [-0.05, 0) is 45.7 Å². The van der Waals surface area contributed by atoms with Crippen LogP contribution in [0, 0.1) is 11.8 Å². The molecule has 1 rings (SSSR count). The van der Waals surface area contributed by atoms with Crippen LogP contribution in [-0.4, -0.2) is 36.6 Å². The van der Waals surface area contributed by atoms with Crippen LogP contribution in [0.5, 0.6) is 0 Å². The topological polar surface area (TPSA) is 15.3 Å². The molecule has 0 spiro atoms. The van der Waals surface area contributed by atoms with Gasteiger partial charge in [0.05, 0.1) is 0 Å². The lowest BCUT2D eigenvalue weighted by Crippen LogP contribution is -2.45. The van der Waals surface area contributed by atoms with E-state index in [1.54, 1.807) is 0 Å². The molecule has 88 valence electrons. The van der Waals surface area contributed by atoms with Crippen molar-refractivity contribution in [2.45, 2.75) is 33.2 Å². The smallest absolute Gasteiger partial charge is 0.0165 e. The van der Waals surface area contributed by atoms with Gasteiger partial charge in [-0.1, -0.05) is 13.0 Å². The highest BCUT2D eigenvalue weighted by atomic mass is 15.2. The SMILES string of the molecule is C=CCN(CC1CNCC1C)C(C)(C)C. The van der Waals surface area contributed by atoms with Crippen molar-refractivity contribution in [3.8, 4) is 0 Å². The fourth-order valence-corrected chi connectivity index (χ4v) is 2.17. The van der Waals surface area contributed by atoms with Crippen molar-refractivity contribution in [2.24, 2.45) is 11.8 Å². The van der Waals surface area contributed by atoms with Crippen molar-refractivity contribution in [3.05, 3.63) is 12.7 Å². The van der Waals surface area contributed by atoms with E-state index in [2.05, 4.69) is 44.5 Å². The summed E-state index contributed by atoms with van der Waals surface area (Å²) < 4.78 is 0. The molecule has 0 aromatic heterocycles. The van der Waals surface area contributed by atoms with Crippen LogP contribution in [0.3, 0.4) is 0 Å². The predicted molar refractivity (Wildman–Crippen MR) is 67.0 cm³/mol. The lowest BCUT2D eigenvalue weighted by Gasteiger charge is -2.37. The molecule has 2 nitrogen and oxygen atoms in total. The summed E-state index contributed by atoms with van der Waals surface area (Å²) in [6.07, 6.45) is 2.01. The molecule has 0 saturated carbocycles. The first-order valence-electron chi connectivity index (χ1n) is 6.02. The molecule has 0 aliphatic carbocycles. The molecular formula is C13H26N2. The van der Waals surface area contributed by atoms with E-state index in [1.165, 1.54) is 19.6 Å². The van der Waals surface area contributed by atoms with E-state index in [4.69, 9.17) is 0 Å². The highest BCUT2D eigenvalue weighted by Crippen LogP contribution is 2.21. The van der Waals surface area contributed by atoms with Gasteiger partial charge < -0.3 is 5.32 Å². The molecule has 2 unspecified atom stereocenters. The van der Waals surface area contributed by atoms with Crippen molar-refractivity contribution in [3.63, 3.8) is 0 Å². The zero-order valence-corrected chi connectivity index (χ0v) is 10.7. The summed E-state index contributed by atoms with van der Waals surface area (Å²) in [5.74, 6) is 1.60. The van der Waals surface area contributed by atoms with Gasteiger partial charge >= 0.3 is 0 Å². The molecule has 0 amide bonds. The number of hydrogen-bond donors (Lipinski definition) is 1. The van der Waals surface area contributed by atoms with Gasteiger partial charge in [-0.15, -0.1) is 6.58 Å². The van der Waals surface area contributed by atoms with Crippen molar-refractivity contribution in [2.75, 3.05) is 26.2 Å². The largest absolute Gasteiger partial charge is 0.316 e. The third-order valence-corrected chi connectivity index (χ3v) is 3.43. The molecule has 0 radical (unpaired) electrons. The Hall–Kier alpha value is -0.340. The maximum Gasteiger partial charge on any atom is 0.0165 e. The fourth-order valence-electron chi connectivity index (χ4n) is 2.17. The molecule has 0 bridgehead atoms. The van der Waals surface area contributed by atoms with E-state index in [9.17, 15) is 0 Å². The molecule has 0 aromatic rings. The van der Waals surface area contributed by atoms with Gasteiger partial charge in [0.1, 0.15) is 0 Å². The molecule has 2 atom stereocenters. The van der Waals surface area contributed by atoms with Gasteiger partial charge in [0.25, 0.3) is 0 Å². The van der Waals surface area contributed by atoms with Gasteiger partial charge in [0.15, 0.2) is 0 Å². The maximum absolute atomic E-state index is 3.85. The molecule has 1 aliphatic rings. The van der Waals surface area contributed by atoms with Crippen molar-refractivity contribution in [1.82, 2.24) is 10.2 Å². The number of nitrogens with zero attached hydrogens (tertiary/aromatic N) is 1. The summed E-state index contributed by atoms with van der Waals surface area (Å²) >= 11 is 0. The number of hydrogen-bond acceptors (Lipinski definition) is 2. The third-order valence-electron chi connectivity index (χ3n) is 3.43. The Morgan fingerprint density at radius 3 is 2.47 bits per heavy atom. The summed E-state index contributed by atoms with van der Waals surface area (Å²) in [5.41, 5.74) is 0.247. The summed E-state index contributed by atoms with van der Waals surface area (Å²) in [4.78, 5) is 2.52. The van der Waals surface area contributed by atoms with E-state index >= 15 is 0 Å². The molecule has 1 fully saturated rings. The first-order chi connectivity index (χ1) is 6.95. The van der Waals surface area contributed by atoms with E-state index in [1.807, 2.05) is 6.08 Å². The highest BCUT2D eigenvalue weighted by Gasteiger charge is 2.28. The Labute approximate surface area is 94.7 Å². The minimum Gasteiger partial charge on any atom is -0.316 e. The Balaban J connectivity index is 2.54. The lowest BCUT2D eigenvalue weighted by molar-refractivity contribution is 0.123. The van der Waals surface area contributed by atoms with Gasteiger partial charge in [-0.3, -0.25) is 4.90 Å².